The lowest BCUT2D eigenvalue weighted by atomic mass is 10.2. The van der Waals surface area contributed by atoms with E-state index < -0.39 is 0 Å². The van der Waals surface area contributed by atoms with Gasteiger partial charge in [0.05, 0.1) is 32.0 Å². The van der Waals surface area contributed by atoms with Gasteiger partial charge in [-0.2, -0.15) is 0 Å². The number of rotatable bonds is 7. The summed E-state index contributed by atoms with van der Waals surface area (Å²) in [5, 5.41) is 6.86. The summed E-state index contributed by atoms with van der Waals surface area (Å²) < 4.78 is 15.0. The van der Waals surface area contributed by atoms with Crippen LogP contribution in [0.25, 0.3) is 0 Å². The summed E-state index contributed by atoms with van der Waals surface area (Å²) in [7, 11) is 4.43. The Morgan fingerprint density at radius 1 is 1.08 bits per heavy atom. The highest BCUT2D eigenvalue weighted by atomic mass is 35.5. The van der Waals surface area contributed by atoms with Crippen molar-refractivity contribution < 1.29 is 19.0 Å². The van der Waals surface area contributed by atoms with E-state index in [-0.39, 0.29) is 5.97 Å². The second kappa shape index (κ2) is 16.7. The van der Waals surface area contributed by atoms with Crippen LogP contribution in [0.2, 0.25) is 5.02 Å². The highest BCUT2D eigenvalue weighted by Gasteiger charge is 2.11. The molecule has 1 rings (SSSR count). The first-order chi connectivity index (χ1) is 12.5. The topological polar surface area (TPSA) is 68.8 Å². The number of ether oxygens (including phenoxy) is 3. The van der Waals surface area contributed by atoms with Crippen LogP contribution >= 0.6 is 23.8 Å². The van der Waals surface area contributed by atoms with Gasteiger partial charge in [0, 0.05) is 25.1 Å². The van der Waals surface area contributed by atoms with Gasteiger partial charge in [0.25, 0.3) is 0 Å². The van der Waals surface area contributed by atoms with Crippen molar-refractivity contribution in [1.82, 2.24) is 5.32 Å². The lowest BCUT2D eigenvalue weighted by molar-refractivity contribution is -0.140. The van der Waals surface area contributed by atoms with Crippen LogP contribution in [0.3, 0.4) is 0 Å². The molecule has 6 nitrogen and oxygen atoms in total. The quantitative estimate of drug-likeness (QED) is 0.388. The summed E-state index contributed by atoms with van der Waals surface area (Å²) in [6.07, 6.45) is 0.958. The Morgan fingerprint density at radius 2 is 1.65 bits per heavy atom. The Labute approximate surface area is 167 Å². The molecule has 0 aromatic heterocycles. The fraction of sp³-hybridized carbons (Fsp3) is 0.556. The number of thiocarbonyl (C=S) groups is 1. The lowest BCUT2D eigenvalue weighted by Gasteiger charge is -2.15. The largest absolute Gasteiger partial charge is 0.495 e. The highest BCUT2D eigenvalue weighted by molar-refractivity contribution is 7.80. The number of halogens is 1. The third kappa shape index (κ3) is 10.3. The lowest BCUT2D eigenvalue weighted by Crippen LogP contribution is -2.29. The van der Waals surface area contributed by atoms with E-state index in [0.29, 0.717) is 46.7 Å². The Bertz CT molecular complexity index is 542. The number of hydrogen-bond acceptors (Lipinski definition) is 5. The summed E-state index contributed by atoms with van der Waals surface area (Å²) >= 11 is 11.2. The SMILES string of the molecule is CC.CC.COC(=O)CCCNC(=S)Nc1cc(OC)c(Cl)cc1OC. The van der Waals surface area contributed by atoms with Crippen molar-refractivity contribution in [3.05, 3.63) is 17.2 Å². The Hall–Kier alpha value is -1.73. The van der Waals surface area contributed by atoms with Crippen LogP contribution in [0.5, 0.6) is 11.5 Å². The van der Waals surface area contributed by atoms with Crippen molar-refractivity contribution in [2.24, 2.45) is 0 Å². The first-order valence-electron chi connectivity index (χ1n) is 8.55. The molecular weight excluding hydrogens is 376 g/mol. The number of carbonyl (C=O) groups excluding carboxylic acids is 1. The van der Waals surface area contributed by atoms with Crippen molar-refractivity contribution >= 4 is 40.6 Å². The van der Waals surface area contributed by atoms with Crippen LogP contribution < -0.4 is 20.1 Å². The van der Waals surface area contributed by atoms with Crippen LogP contribution in [-0.2, 0) is 9.53 Å². The van der Waals surface area contributed by atoms with E-state index in [4.69, 9.17) is 33.3 Å². The minimum atomic E-state index is -0.246. The molecule has 0 heterocycles. The fourth-order valence-corrected chi connectivity index (χ4v) is 2.10. The maximum atomic E-state index is 11.0. The van der Waals surface area contributed by atoms with E-state index in [1.807, 2.05) is 27.7 Å². The van der Waals surface area contributed by atoms with Gasteiger partial charge in [-0.25, -0.2) is 0 Å². The van der Waals surface area contributed by atoms with E-state index in [2.05, 4.69) is 15.4 Å². The molecule has 0 spiro atoms. The molecule has 0 bridgehead atoms. The Kier molecular flexibility index (Phi) is 17.0. The standard InChI is InChI=1S/C14H19ClN2O4S.2C2H6/c1-19-11-8-10(12(20-2)7-9(11)15)17-14(22)16-6-4-5-13(18)21-3;2*1-2/h7-8H,4-6H2,1-3H3,(H2,16,17,22);2*1-2H3. The van der Waals surface area contributed by atoms with Gasteiger partial charge in [-0.15, -0.1) is 0 Å². The molecule has 8 heteroatoms. The van der Waals surface area contributed by atoms with Crippen LogP contribution in [0.4, 0.5) is 5.69 Å². The molecule has 1 aromatic carbocycles. The first kappa shape index (κ1) is 26.5. The molecule has 0 saturated heterocycles. The van der Waals surface area contributed by atoms with Crippen LogP contribution in [-0.4, -0.2) is 39.0 Å². The van der Waals surface area contributed by atoms with Gasteiger partial charge in [-0.1, -0.05) is 39.3 Å². The number of hydrogen-bond donors (Lipinski definition) is 2. The monoisotopic (exact) mass is 406 g/mol. The Balaban J connectivity index is 0. The van der Waals surface area contributed by atoms with E-state index in [0.717, 1.165) is 0 Å². The van der Waals surface area contributed by atoms with Gasteiger partial charge in [0.2, 0.25) is 0 Å². The van der Waals surface area contributed by atoms with Gasteiger partial charge in [-0.3, -0.25) is 4.79 Å². The summed E-state index contributed by atoms with van der Waals surface area (Å²) in [5.41, 5.74) is 0.634. The van der Waals surface area contributed by atoms with E-state index in [1.165, 1.54) is 21.3 Å². The second-order valence-corrected chi connectivity index (χ2v) is 5.06. The van der Waals surface area contributed by atoms with Gasteiger partial charge in [0.1, 0.15) is 11.5 Å². The number of carbonyl (C=O) groups is 1. The maximum absolute atomic E-state index is 11.0. The zero-order valence-electron chi connectivity index (χ0n) is 16.7. The van der Waals surface area contributed by atoms with Crippen LogP contribution in [0.1, 0.15) is 40.5 Å². The summed E-state index contributed by atoms with van der Waals surface area (Å²) in [6.45, 7) is 8.55. The molecule has 2 N–H and O–H groups in total. The predicted molar refractivity (Wildman–Crippen MR) is 113 cm³/mol. The van der Waals surface area contributed by atoms with E-state index >= 15 is 0 Å². The summed E-state index contributed by atoms with van der Waals surface area (Å²) in [4.78, 5) is 11.0. The molecular formula is C18H31ClN2O4S. The van der Waals surface area contributed by atoms with Crippen molar-refractivity contribution in [2.45, 2.75) is 40.5 Å². The van der Waals surface area contributed by atoms with E-state index in [9.17, 15) is 4.79 Å². The number of nitrogens with one attached hydrogen (secondary N) is 2. The van der Waals surface area contributed by atoms with Gasteiger partial charge in [0.15, 0.2) is 5.11 Å². The zero-order chi connectivity index (χ0) is 20.5. The Morgan fingerprint density at radius 3 is 2.15 bits per heavy atom. The van der Waals surface area contributed by atoms with Gasteiger partial charge >= 0.3 is 5.97 Å². The molecule has 150 valence electrons. The van der Waals surface area contributed by atoms with Crippen molar-refractivity contribution in [2.75, 3.05) is 33.2 Å². The molecule has 0 atom stereocenters. The number of benzene rings is 1. The van der Waals surface area contributed by atoms with Crippen molar-refractivity contribution in [1.29, 1.82) is 0 Å². The molecule has 0 amide bonds. The first-order valence-corrected chi connectivity index (χ1v) is 9.33. The predicted octanol–water partition coefficient (Wildman–Crippen LogP) is 4.65. The van der Waals surface area contributed by atoms with Gasteiger partial charge < -0.3 is 24.8 Å². The average molecular weight is 407 g/mol. The molecule has 1 aromatic rings. The van der Waals surface area contributed by atoms with Crippen LogP contribution in [0.15, 0.2) is 12.1 Å². The smallest absolute Gasteiger partial charge is 0.305 e. The van der Waals surface area contributed by atoms with E-state index in [1.54, 1.807) is 12.1 Å². The molecule has 0 saturated carbocycles. The molecule has 0 radical (unpaired) electrons. The minimum absolute atomic E-state index is 0.246. The molecule has 0 fully saturated rings. The second-order valence-electron chi connectivity index (χ2n) is 4.25. The maximum Gasteiger partial charge on any atom is 0.305 e. The summed E-state index contributed by atoms with van der Waals surface area (Å²) in [6, 6.07) is 3.34. The fourth-order valence-electron chi connectivity index (χ4n) is 1.66. The molecule has 0 aliphatic carbocycles. The number of esters is 1. The third-order valence-corrected chi connectivity index (χ3v) is 3.33. The summed E-state index contributed by atoms with van der Waals surface area (Å²) in [5.74, 6) is 0.813. The number of methoxy groups -OCH3 is 3. The molecule has 0 unspecified atom stereocenters. The van der Waals surface area contributed by atoms with Crippen molar-refractivity contribution in [3.8, 4) is 11.5 Å². The third-order valence-electron chi connectivity index (χ3n) is 2.79. The molecule has 0 aliphatic heterocycles. The molecule has 26 heavy (non-hydrogen) atoms. The average Bonchev–Trinajstić information content (AvgIpc) is 2.69. The normalized spacial score (nSPS) is 8.77. The minimum Gasteiger partial charge on any atom is -0.495 e. The van der Waals surface area contributed by atoms with Gasteiger partial charge in [-0.05, 0) is 18.6 Å². The highest BCUT2D eigenvalue weighted by Crippen LogP contribution is 2.35. The van der Waals surface area contributed by atoms with Crippen LogP contribution in [0, 0.1) is 0 Å². The van der Waals surface area contributed by atoms with Crippen molar-refractivity contribution in [3.63, 3.8) is 0 Å². The number of anilines is 1. The zero-order valence-corrected chi connectivity index (χ0v) is 18.3. The molecule has 0 aliphatic rings.